The summed E-state index contributed by atoms with van der Waals surface area (Å²) < 4.78 is 0. The zero-order valence-corrected chi connectivity index (χ0v) is 15.0. The van der Waals surface area contributed by atoms with Crippen molar-refractivity contribution in [3.63, 3.8) is 0 Å². The molecule has 0 aromatic heterocycles. The van der Waals surface area contributed by atoms with Gasteiger partial charge in [0, 0.05) is 25.9 Å². The van der Waals surface area contributed by atoms with E-state index in [1.54, 1.807) is 0 Å². The van der Waals surface area contributed by atoms with Crippen molar-refractivity contribution in [3.8, 4) is 0 Å². The van der Waals surface area contributed by atoms with Crippen LogP contribution in [0.4, 0.5) is 0 Å². The molecule has 3 N–H and O–H groups in total. The highest BCUT2D eigenvalue weighted by atomic mass is 16.4. The molecule has 0 aliphatic heterocycles. The molecule has 0 saturated heterocycles. The molecule has 6 heteroatoms. The average Bonchev–Trinajstić information content (AvgIpc) is 2.56. The van der Waals surface area contributed by atoms with E-state index in [0.717, 1.165) is 12.8 Å². The molecule has 6 nitrogen and oxygen atoms in total. The van der Waals surface area contributed by atoms with Crippen molar-refractivity contribution in [1.82, 2.24) is 10.6 Å². The van der Waals surface area contributed by atoms with Crippen LogP contribution in [0.15, 0.2) is 0 Å². The molecule has 0 aliphatic rings. The largest absolute Gasteiger partial charge is 0.480 e. The standard InChI is InChI=1S/C18H34N2O4/c1-2-3-4-5-6-7-8-9-10-11-17(22)20-14-13-19-16(12-15-21)18(23)24/h15-16,19H,2-14H2,1H3,(H,20,22)(H,23,24). The molecule has 0 bridgehead atoms. The fraction of sp³-hybridized carbons (Fsp3) is 0.833. The molecule has 1 atom stereocenters. The van der Waals surface area contributed by atoms with Crippen LogP contribution in [-0.2, 0) is 14.4 Å². The maximum atomic E-state index is 11.6. The number of hydrogen-bond acceptors (Lipinski definition) is 4. The van der Waals surface area contributed by atoms with Gasteiger partial charge in [0.2, 0.25) is 5.91 Å². The fourth-order valence-electron chi connectivity index (χ4n) is 2.50. The van der Waals surface area contributed by atoms with Gasteiger partial charge in [-0.2, -0.15) is 0 Å². The maximum Gasteiger partial charge on any atom is 0.321 e. The fourth-order valence-corrected chi connectivity index (χ4v) is 2.50. The number of aldehydes is 1. The molecule has 0 aromatic rings. The van der Waals surface area contributed by atoms with Crippen molar-refractivity contribution < 1.29 is 19.5 Å². The number of carbonyl (C=O) groups excluding carboxylic acids is 2. The lowest BCUT2D eigenvalue weighted by Gasteiger charge is -2.12. The van der Waals surface area contributed by atoms with E-state index in [9.17, 15) is 14.4 Å². The van der Waals surface area contributed by atoms with E-state index in [4.69, 9.17) is 5.11 Å². The van der Waals surface area contributed by atoms with Gasteiger partial charge in [0.1, 0.15) is 12.3 Å². The number of carbonyl (C=O) groups is 3. The van der Waals surface area contributed by atoms with Gasteiger partial charge in [0.15, 0.2) is 0 Å². The Bertz CT molecular complexity index is 348. The Kier molecular flexibility index (Phi) is 15.4. The Morgan fingerprint density at radius 3 is 2.08 bits per heavy atom. The van der Waals surface area contributed by atoms with Crippen LogP contribution in [0, 0.1) is 0 Å². The number of carboxylic acids is 1. The van der Waals surface area contributed by atoms with Gasteiger partial charge in [-0.25, -0.2) is 0 Å². The molecule has 0 rings (SSSR count). The summed E-state index contributed by atoms with van der Waals surface area (Å²) in [6.45, 7) is 2.93. The zero-order valence-electron chi connectivity index (χ0n) is 15.0. The first-order valence-electron chi connectivity index (χ1n) is 9.28. The molecule has 1 unspecified atom stereocenters. The topological polar surface area (TPSA) is 95.5 Å². The second-order valence-corrected chi connectivity index (χ2v) is 6.18. The van der Waals surface area contributed by atoms with Gasteiger partial charge in [-0.1, -0.05) is 58.3 Å². The van der Waals surface area contributed by atoms with Crippen LogP contribution in [0.25, 0.3) is 0 Å². The number of amides is 1. The first kappa shape index (κ1) is 22.6. The summed E-state index contributed by atoms with van der Waals surface area (Å²) in [5.41, 5.74) is 0. The lowest BCUT2D eigenvalue weighted by atomic mass is 10.1. The quantitative estimate of drug-likeness (QED) is 0.279. The Morgan fingerprint density at radius 1 is 0.958 bits per heavy atom. The second-order valence-electron chi connectivity index (χ2n) is 6.18. The second kappa shape index (κ2) is 16.4. The van der Waals surface area contributed by atoms with E-state index < -0.39 is 12.0 Å². The molecule has 0 aromatic carbocycles. The van der Waals surface area contributed by atoms with E-state index >= 15 is 0 Å². The lowest BCUT2D eigenvalue weighted by Crippen LogP contribution is -2.41. The normalized spacial score (nSPS) is 11.9. The highest BCUT2D eigenvalue weighted by Gasteiger charge is 2.15. The summed E-state index contributed by atoms with van der Waals surface area (Å²) in [6, 6.07) is -0.878. The molecule has 0 aliphatic carbocycles. The van der Waals surface area contributed by atoms with Crippen molar-refractivity contribution in [2.45, 2.75) is 83.6 Å². The molecule has 0 spiro atoms. The predicted molar refractivity (Wildman–Crippen MR) is 95.0 cm³/mol. The number of carboxylic acid groups (broad SMARTS) is 1. The van der Waals surface area contributed by atoms with Crippen molar-refractivity contribution in [3.05, 3.63) is 0 Å². The maximum absolute atomic E-state index is 11.6. The van der Waals surface area contributed by atoms with E-state index in [-0.39, 0.29) is 12.3 Å². The summed E-state index contributed by atoms with van der Waals surface area (Å²) in [5.74, 6) is -1.05. The minimum Gasteiger partial charge on any atom is -0.480 e. The number of rotatable bonds is 17. The molecule has 0 fully saturated rings. The molecule has 0 radical (unpaired) electrons. The van der Waals surface area contributed by atoms with Crippen LogP contribution in [0.3, 0.4) is 0 Å². The van der Waals surface area contributed by atoms with E-state index in [0.29, 0.717) is 25.8 Å². The Hall–Kier alpha value is -1.43. The van der Waals surface area contributed by atoms with Crippen molar-refractivity contribution in [2.75, 3.05) is 13.1 Å². The zero-order chi connectivity index (χ0) is 18.0. The van der Waals surface area contributed by atoms with Crippen LogP contribution in [0.2, 0.25) is 0 Å². The van der Waals surface area contributed by atoms with E-state index in [1.165, 1.54) is 44.9 Å². The monoisotopic (exact) mass is 342 g/mol. The van der Waals surface area contributed by atoms with Crippen LogP contribution in [0.1, 0.15) is 77.6 Å². The predicted octanol–water partition coefficient (Wildman–Crippen LogP) is 2.66. The minimum absolute atomic E-state index is 0.00186. The first-order valence-corrected chi connectivity index (χ1v) is 9.28. The highest BCUT2D eigenvalue weighted by Crippen LogP contribution is 2.10. The van der Waals surface area contributed by atoms with Crippen LogP contribution in [0.5, 0.6) is 0 Å². The molecule has 1 amide bonds. The molecule has 0 heterocycles. The average molecular weight is 342 g/mol. The van der Waals surface area contributed by atoms with Crippen molar-refractivity contribution >= 4 is 18.2 Å². The van der Waals surface area contributed by atoms with Crippen molar-refractivity contribution in [1.29, 1.82) is 0 Å². The Morgan fingerprint density at radius 2 is 1.54 bits per heavy atom. The number of hydrogen-bond donors (Lipinski definition) is 3. The third-order valence-corrected chi connectivity index (χ3v) is 3.98. The van der Waals surface area contributed by atoms with E-state index in [2.05, 4.69) is 17.6 Å². The summed E-state index contributed by atoms with van der Waals surface area (Å²) in [5, 5.41) is 14.3. The lowest BCUT2D eigenvalue weighted by molar-refractivity contribution is -0.140. The summed E-state index contributed by atoms with van der Waals surface area (Å²) >= 11 is 0. The van der Waals surface area contributed by atoms with Crippen LogP contribution < -0.4 is 10.6 Å². The first-order chi connectivity index (χ1) is 11.6. The van der Waals surface area contributed by atoms with E-state index in [1.807, 2.05) is 0 Å². The third-order valence-electron chi connectivity index (χ3n) is 3.98. The molecular formula is C18H34N2O4. The molecule has 24 heavy (non-hydrogen) atoms. The molecular weight excluding hydrogens is 308 g/mol. The third kappa shape index (κ3) is 14.2. The van der Waals surface area contributed by atoms with Gasteiger partial charge >= 0.3 is 5.97 Å². The SMILES string of the molecule is CCCCCCCCCCCC(=O)NCCNC(CC=O)C(=O)O. The van der Waals surface area contributed by atoms with Crippen LogP contribution in [-0.4, -0.2) is 42.4 Å². The van der Waals surface area contributed by atoms with Crippen LogP contribution >= 0.6 is 0 Å². The van der Waals surface area contributed by atoms with Gasteiger partial charge in [-0.05, 0) is 6.42 Å². The smallest absolute Gasteiger partial charge is 0.321 e. The molecule has 140 valence electrons. The van der Waals surface area contributed by atoms with Gasteiger partial charge in [-0.3, -0.25) is 9.59 Å². The van der Waals surface area contributed by atoms with Crippen molar-refractivity contribution in [2.24, 2.45) is 0 Å². The number of aliphatic carboxylic acids is 1. The number of nitrogens with one attached hydrogen (secondary N) is 2. The summed E-state index contributed by atoms with van der Waals surface area (Å²) in [6.07, 6.45) is 12.0. The van der Waals surface area contributed by atoms with Gasteiger partial charge < -0.3 is 20.5 Å². The Balaban J connectivity index is 3.44. The van der Waals surface area contributed by atoms with Gasteiger partial charge in [0.05, 0.1) is 0 Å². The summed E-state index contributed by atoms with van der Waals surface area (Å²) in [7, 11) is 0. The summed E-state index contributed by atoms with van der Waals surface area (Å²) in [4.78, 5) is 32.8. The Labute approximate surface area is 145 Å². The molecule has 0 saturated carbocycles. The van der Waals surface area contributed by atoms with Gasteiger partial charge in [0.25, 0.3) is 0 Å². The van der Waals surface area contributed by atoms with Gasteiger partial charge in [-0.15, -0.1) is 0 Å². The number of unbranched alkanes of at least 4 members (excludes halogenated alkanes) is 8. The minimum atomic E-state index is -1.05. The highest BCUT2D eigenvalue weighted by molar-refractivity contribution is 5.77.